The van der Waals surface area contributed by atoms with E-state index in [0.717, 1.165) is 6.42 Å². The lowest BCUT2D eigenvalue weighted by molar-refractivity contribution is 0.0859. The van der Waals surface area contributed by atoms with Crippen LogP contribution in [-0.2, 0) is 0 Å². The minimum Gasteiger partial charge on any atom is -0.306 e. The molecule has 1 aliphatic carbocycles. The molecular formula is C7H13F2N. The van der Waals surface area contributed by atoms with E-state index in [0.29, 0.717) is 19.4 Å². The highest BCUT2D eigenvalue weighted by Gasteiger charge is 2.50. The highest BCUT2D eigenvalue weighted by Crippen LogP contribution is 2.40. The zero-order chi connectivity index (χ0) is 7.61. The van der Waals surface area contributed by atoms with Gasteiger partial charge < -0.3 is 5.32 Å². The third-order valence-corrected chi connectivity index (χ3v) is 1.93. The van der Waals surface area contributed by atoms with Gasteiger partial charge in [-0.2, -0.15) is 0 Å². The maximum Gasteiger partial charge on any atom is 0.256 e. The Morgan fingerprint density at radius 2 is 2.10 bits per heavy atom. The second kappa shape index (κ2) is 2.82. The molecule has 0 unspecified atom stereocenters. The van der Waals surface area contributed by atoms with Gasteiger partial charge in [0.1, 0.15) is 0 Å². The first kappa shape index (κ1) is 7.92. The number of hydrogen-bond acceptors (Lipinski definition) is 1. The average Bonchev–Trinajstić information content (AvgIpc) is 2.64. The van der Waals surface area contributed by atoms with Gasteiger partial charge in [0.25, 0.3) is 6.43 Å². The molecule has 0 spiro atoms. The van der Waals surface area contributed by atoms with Crippen molar-refractivity contribution in [3.05, 3.63) is 0 Å². The van der Waals surface area contributed by atoms with Crippen molar-refractivity contribution in [3.63, 3.8) is 0 Å². The van der Waals surface area contributed by atoms with Gasteiger partial charge >= 0.3 is 0 Å². The molecular weight excluding hydrogens is 136 g/mol. The molecule has 0 aromatic heterocycles. The molecule has 0 heterocycles. The Bertz CT molecular complexity index is 110. The topological polar surface area (TPSA) is 12.0 Å². The fourth-order valence-electron chi connectivity index (χ4n) is 0.981. The van der Waals surface area contributed by atoms with Crippen LogP contribution in [0.15, 0.2) is 0 Å². The molecule has 1 saturated carbocycles. The predicted molar refractivity (Wildman–Crippen MR) is 36.3 cm³/mol. The average molecular weight is 149 g/mol. The lowest BCUT2D eigenvalue weighted by Gasteiger charge is -2.14. The van der Waals surface area contributed by atoms with Crippen molar-refractivity contribution in [2.45, 2.75) is 38.2 Å². The molecule has 10 heavy (non-hydrogen) atoms. The molecule has 0 aliphatic heterocycles. The number of alkyl halides is 2. The van der Waals surface area contributed by atoms with Gasteiger partial charge in [-0.3, -0.25) is 0 Å². The monoisotopic (exact) mass is 149 g/mol. The number of rotatable bonds is 4. The summed E-state index contributed by atoms with van der Waals surface area (Å²) >= 11 is 0. The highest BCUT2D eigenvalue weighted by atomic mass is 19.3. The van der Waals surface area contributed by atoms with Crippen LogP contribution < -0.4 is 5.32 Å². The SMILES string of the molecule is CCCNC1(C(F)F)CC1. The van der Waals surface area contributed by atoms with E-state index in [2.05, 4.69) is 5.32 Å². The van der Waals surface area contributed by atoms with Gasteiger partial charge in [0.2, 0.25) is 0 Å². The van der Waals surface area contributed by atoms with Gasteiger partial charge in [-0.25, -0.2) is 8.78 Å². The zero-order valence-electron chi connectivity index (χ0n) is 6.16. The van der Waals surface area contributed by atoms with Crippen LogP contribution in [0.1, 0.15) is 26.2 Å². The first-order chi connectivity index (χ1) is 4.71. The minimum absolute atomic E-state index is 0.644. The van der Waals surface area contributed by atoms with Crippen LogP contribution in [0.3, 0.4) is 0 Å². The van der Waals surface area contributed by atoms with Gasteiger partial charge in [-0.15, -0.1) is 0 Å². The first-order valence-corrected chi connectivity index (χ1v) is 3.74. The standard InChI is InChI=1S/C7H13F2N/c1-2-5-10-7(3-4-7)6(8)9/h6,10H,2-5H2,1H3. The molecule has 0 radical (unpaired) electrons. The molecule has 3 heteroatoms. The summed E-state index contributed by atoms with van der Waals surface area (Å²) in [6.45, 7) is 2.69. The van der Waals surface area contributed by atoms with Crippen LogP contribution in [-0.4, -0.2) is 18.5 Å². The van der Waals surface area contributed by atoms with Crippen molar-refractivity contribution in [3.8, 4) is 0 Å². The zero-order valence-corrected chi connectivity index (χ0v) is 6.16. The van der Waals surface area contributed by atoms with Crippen LogP contribution in [0, 0.1) is 0 Å². The molecule has 0 amide bonds. The molecule has 0 aromatic rings. The van der Waals surface area contributed by atoms with E-state index in [4.69, 9.17) is 0 Å². The molecule has 1 rings (SSSR count). The van der Waals surface area contributed by atoms with E-state index in [1.165, 1.54) is 0 Å². The molecule has 1 aliphatic rings. The Balaban J connectivity index is 2.24. The fourth-order valence-corrected chi connectivity index (χ4v) is 0.981. The van der Waals surface area contributed by atoms with Gasteiger partial charge in [-0.05, 0) is 25.8 Å². The summed E-state index contributed by atoms with van der Waals surface area (Å²) in [5.74, 6) is 0. The fraction of sp³-hybridized carbons (Fsp3) is 1.00. The lowest BCUT2D eigenvalue weighted by Crippen LogP contribution is -2.38. The van der Waals surface area contributed by atoms with E-state index in [1.54, 1.807) is 0 Å². The Hall–Kier alpha value is -0.180. The summed E-state index contributed by atoms with van der Waals surface area (Å²) < 4.78 is 24.3. The molecule has 1 N–H and O–H groups in total. The van der Waals surface area contributed by atoms with Gasteiger partial charge in [0, 0.05) is 0 Å². The number of nitrogens with one attached hydrogen (secondary N) is 1. The normalized spacial score (nSPS) is 21.6. The maximum absolute atomic E-state index is 12.1. The Morgan fingerprint density at radius 1 is 1.50 bits per heavy atom. The van der Waals surface area contributed by atoms with E-state index in [-0.39, 0.29) is 0 Å². The number of hydrogen-bond donors (Lipinski definition) is 1. The Morgan fingerprint density at radius 3 is 2.40 bits per heavy atom. The van der Waals surface area contributed by atoms with E-state index < -0.39 is 12.0 Å². The summed E-state index contributed by atoms with van der Waals surface area (Å²) in [6, 6.07) is 0. The summed E-state index contributed by atoms with van der Waals surface area (Å²) in [5.41, 5.74) is -0.782. The smallest absolute Gasteiger partial charge is 0.256 e. The van der Waals surface area contributed by atoms with Gasteiger partial charge in [0.05, 0.1) is 5.54 Å². The second-order valence-corrected chi connectivity index (χ2v) is 2.88. The molecule has 0 saturated heterocycles. The van der Waals surface area contributed by atoms with Crippen molar-refractivity contribution in [1.29, 1.82) is 0 Å². The molecule has 1 fully saturated rings. The molecule has 0 bridgehead atoms. The molecule has 0 aromatic carbocycles. The van der Waals surface area contributed by atoms with Crippen LogP contribution in [0.25, 0.3) is 0 Å². The van der Waals surface area contributed by atoms with Gasteiger partial charge in [-0.1, -0.05) is 6.92 Å². The van der Waals surface area contributed by atoms with Crippen molar-refractivity contribution >= 4 is 0 Å². The Labute approximate surface area is 59.8 Å². The molecule has 1 nitrogen and oxygen atoms in total. The first-order valence-electron chi connectivity index (χ1n) is 3.74. The summed E-state index contributed by atoms with van der Waals surface area (Å²) in [4.78, 5) is 0. The third kappa shape index (κ3) is 1.45. The molecule has 0 atom stereocenters. The van der Waals surface area contributed by atoms with Crippen LogP contribution in [0.4, 0.5) is 8.78 Å². The van der Waals surface area contributed by atoms with Gasteiger partial charge in [0.15, 0.2) is 0 Å². The summed E-state index contributed by atoms with van der Waals surface area (Å²) in [7, 11) is 0. The highest BCUT2D eigenvalue weighted by molar-refractivity contribution is 5.03. The maximum atomic E-state index is 12.1. The Kier molecular flexibility index (Phi) is 2.24. The second-order valence-electron chi connectivity index (χ2n) is 2.88. The number of halogens is 2. The minimum atomic E-state index is -2.18. The summed E-state index contributed by atoms with van der Waals surface area (Å²) in [5, 5.41) is 2.87. The largest absolute Gasteiger partial charge is 0.306 e. The third-order valence-electron chi connectivity index (χ3n) is 1.93. The van der Waals surface area contributed by atoms with E-state index >= 15 is 0 Å². The van der Waals surface area contributed by atoms with E-state index in [1.807, 2.05) is 6.92 Å². The van der Waals surface area contributed by atoms with Crippen LogP contribution >= 0.6 is 0 Å². The van der Waals surface area contributed by atoms with Crippen molar-refractivity contribution < 1.29 is 8.78 Å². The molecule has 60 valence electrons. The quantitative estimate of drug-likeness (QED) is 0.642. The summed E-state index contributed by atoms with van der Waals surface area (Å²) in [6.07, 6.45) is 0.0307. The predicted octanol–water partition coefficient (Wildman–Crippen LogP) is 1.78. The lowest BCUT2D eigenvalue weighted by atomic mass is 10.3. The van der Waals surface area contributed by atoms with Crippen LogP contribution in [0.5, 0.6) is 0 Å². The van der Waals surface area contributed by atoms with Crippen molar-refractivity contribution in [2.75, 3.05) is 6.54 Å². The van der Waals surface area contributed by atoms with Crippen molar-refractivity contribution in [1.82, 2.24) is 5.32 Å². The van der Waals surface area contributed by atoms with Crippen molar-refractivity contribution in [2.24, 2.45) is 0 Å². The van der Waals surface area contributed by atoms with Crippen LogP contribution in [0.2, 0.25) is 0 Å². The van der Waals surface area contributed by atoms with E-state index in [9.17, 15) is 8.78 Å².